The highest BCUT2D eigenvalue weighted by atomic mass is 19.4. The first kappa shape index (κ1) is 22.6. The zero-order valence-electron chi connectivity index (χ0n) is 17.8. The van der Waals surface area contributed by atoms with Crippen molar-refractivity contribution in [1.29, 1.82) is 0 Å². The summed E-state index contributed by atoms with van der Waals surface area (Å²) >= 11 is 0. The summed E-state index contributed by atoms with van der Waals surface area (Å²) in [6.45, 7) is 8.58. The van der Waals surface area contributed by atoms with E-state index in [0.717, 1.165) is 41.7 Å². The van der Waals surface area contributed by atoms with E-state index in [9.17, 15) is 23.1 Å². The van der Waals surface area contributed by atoms with Crippen molar-refractivity contribution in [3.05, 3.63) is 53.1 Å². The molecule has 1 aromatic carbocycles. The minimum absolute atomic E-state index is 0.00350. The topological polar surface area (TPSA) is 46.5 Å². The molecule has 1 aliphatic carbocycles. The lowest BCUT2D eigenvalue weighted by molar-refractivity contribution is -0.156. The molecule has 1 fully saturated rings. The van der Waals surface area contributed by atoms with E-state index in [2.05, 4.69) is 27.7 Å². The first-order valence-electron chi connectivity index (χ1n) is 10.2. The molecule has 2 atom stereocenters. The van der Waals surface area contributed by atoms with Crippen molar-refractivity contribution in [2.24, 2.45) is 10.8 Å². The highest BCUT2D eigenvalue weighted by Crippen LogP contribution is 2.52. The first-order valence-corrected chi connectivity index (χ1v) is 10.2. The molecule has 0 saturated carbocycles. The fourth-order valence-corrected chi connectivity index (χ4v) is 4.91. The molecule has 2 aliphatic rings. The molecule has 0 bridgehead atoms. The molecule has 0 spiro atoms. The minimum atomic E-state index is -4.37. The summed E-state index contributed by atoms with van der Waals surface area (Å²) in [5.41, 5.74) is 1.91. The number of cyclic esters (lactones) is 1. The van der Waals surface area contributed by atoms with E-state index in [-0.39, 0.29) is 17.3 Å². The van der Waals surface area contributed by atoms with Gasteiger partial charge in [-0.1, -0.05) is 45.9 Å². The smallest absolute Gasteiger partial charge is 0.416 e. The Kier molecular flexibility index (Phi) is 5.93. The van der Waals surface area contributed by atoms with Gasteiger partial charge in [-0.05, 0) is 58.6 Å². The van der Waals surface area contributed by atoms with E-state index in [1.165, 1.54) is 12.1 Å². The maximum atomic E-state index is 13.0. The molecule has 3 nitrogen and oxygen atoms in total. The van der Waals surface area contributed by atoms with Gasteiger partial charge < -0.3 is 9.84 Å². The van der Waals surface area contributed by atoms with Crippen LogP contribution in [0.1, 0.15) is 64.5 Å². The number of aliphatic hydroxyl groups excluding tert-OH is 1. The van der Waals surface area contributed by atoms with Crippen LogP contribution in [-0.4, -0.2) is 23.3 Å². The number of carbonyl (C=O) groups excluding carboxylic acids is 1. The largest absolute Gasteiger partial charge is 0.458 e. The van der Waals surface area contributed by atoms with Gasteiger partial charge in [-0.15, -0.1) is 0 Å². The quantitative estimate of drug-likeness (QED) is 0.615. The number of carbonyl (C=O) groups is 1. The van der Waals surface area contributed by atoms with Crippen LogP contribution < -0.4 is 0 Å². The Balaban J connectivity index is 2.02. The highest BCUT2D eigenvalue weighted by Gasteiger charge is 2.39. The molecule has 0 amide bonds. The van der Waals surface area contributed by atoms with Gasteiger partial charge in [-0.3, -0.25) is 4.79 Å². The molecule has 164 valence electrons. The molecular weight excluding hydrogens is 393 g/mol. The lowest BCUT2D eigenvalue weighted by Crippen LogP contribution is -2.32. The first-order chi connectivity index (χ1) is 13.8. The Bertz CT molecular complexity index is 861. The minimum Gasteiger partial charge on any atom is -0.458 e. The third-order valence-corrected chi connectivity index (χ3v) is 5.86. The van der Waals surface area contributed by atoms with Crippen LogP contribution >= 0.6 is 0 Å². The predicted molar refractivity (Wildman–Crippen MR) is 109 cm³/mol. The van der Waals surface area contributed by atoms with Crippen LogP contribution in [0.2, 0.25) is 0 Å². The molecular formula is C24H29F3O3. The summed E-state index contributed by atoms with van der Waals surface area (Å²) in [6, 6.07) is 5.32. The number of halogens is 3. The Morgan fingerprint density at radius 3 is 2.33 bits per heavy atom. The van der Waals surface area contributed by atoms with Crippen molar-refractivity contribution in [1.82, 2.24) is 0 Å². The van der Waals surface area contributed by atoms with Crippen LogP contribution in [-0.2, 0) is 15.7 Å². The zero-order chi connectivity index (χ0) is 22.3. The molecule has 1 saturated heterocycles. The fourth-order valence-electron chi connectivity index (χ4n) is 4.91. The summed E-state index contributed by atoms with van der Waals surface area (Å²) in [6.07, 6.45) is 0.118. The Morgan fingerprint density at radius 1 is 1.13 bits per heavy atom. The van der Waals surface area contributed by atoms with Gasteiger partial charge in [-0.25, -0.2) is 0 Å². The molecule has 1 N–H and O–H groups in total. The van der Waals surface area contributed by atoms with E-state index in [4.69, 9.17) is 4.74 Å². The number of aliphatic hydroxyl groups is 1. The van der Waals surface area contributed by atoms with E-state index in [1.54, 1.807) is 6.08 Å². The van der Waals surface area contributed by atoms with Crippen molar-refractivity contribution >= 4 is 11.5 Å². The van der Waals surface area contributed by atoms with E-state index < -0.39 is 29.9 Å². The fraction of sp³-hybridized carbons (Fsp3) is 0.542. The lowest BCUT2D eigenvalue weighted by Gasteiger charge is -2.43. The van der Waals surface area contributed by atoms with Gasteiger partial charge in [0.1, 0.15) is 6.10 Å². The Hall–Kier alpha value is -2.08. The third-order valence-electron chi connectivity index (χ3n) is 5.86. The van der Waals surface area contributed by atoms with Gasteiger partial charge in [0.15, 0.2) is 0 Å². The molecule has 6 heteroatoms. The summed E-state index contributed by atoms with van der Waals surface area (Å²) in [5, 5.41) is 9.84. The lowest BCUT2D eigenvalue weighted by atomic mass is 9.61. The van der Waals surface area contributed by atoms with E-state index in [1.807, 2.05) is 6.08 Å². The molecule has 30 heavy (non-hydrogen) atoms. The van der Waals surface area contributed by atoms with Crippen molar-refractivity contribution in [3.8, 4) is 0 Å². The van der Waals surface area contributed by atoms with Crippen molar-refractivity contribution < 1.29 is 27.8 Å². The maximum Gasteiger partial charge on any atom is 0.416 e. The Morgan fingerprint density at radius 2 is 1.77 bits per heavy atom. The number of rotatable bonds is 3. The summed E-state index contributed by atoms with van der Waals surface area (Å²) in [5.74, 6) is -0.426. The van der Waals surface area contributed by atoms with Crippen LogP contribution in [0.25, 0.3) is 5.57 Å². The molecule has 1 heterocycles. The van der Waals surface area contributed by atoms with Gasteiger partial charge in [0.05, 0.1) is 18.1 Å². The molecule has 1 aromatic rings. The van der Waals surface area contributed by atoms with Gasteiger partial charge >= 0.3 is 12.1 Å². The standard InChI is InChI=1S/C24H29F3O3/c1-22(2)13-19(15-5-7-16(8-6-15)24(25,26)27)20(23(3,4)14-22)10-9-18-11-17(28)12-21(29)30-18/h5-10,17-18,28H,11-14H2,1-4H3/b10-9+/t17-,18-/m1/s1. The van der Waals surface area contributed by atoms with Crippen LogP contribution in [0.3, 0.4) is 0 Å². The van der Waals surface area contributed by atoms with Crippen LogP contribution in [0.5, 0.6) is 0 Å². The summed E-state index contributed by atoms with van der Waals surface area (Å²) in [7, 11) is 0. The van der Waals surface area contributed by atoms with Crippen molar-refractivity contribution in [2.45, 2.75) is 71.8 Å². The van der Waals surface area contributed by atoms with Crippen LogP contribution in [0, 0.1) is 10.8 Å². The van der Waals surface area contributed by atoms with E-state index >= 15 is 0 Å². The van der Waals surface area contributed by atoms with Crippen LogP contribution in [0.15, 0.2) is 42.0 Å². The molecule has 0 unspecified atom stereocenters. The number of alkyl halides is 3. The van der Waals surface area contributed by atoms with Gasteiger partial charge in [0.2, 0.25) is 0 Å². The molecule has 0 aromatic heterocycles. The number of benzene rings is 1. The molecule has 3 rings (SSSR count). The molecule has 1 aliphatic heterocycles. The second kappa shape index (κ2) is 7.88. The second-order valence-electron chi connectivity index (χ2n) is 9.85. The SMILES string of the molecule is CC1(C)CC(c2ccc(C(F)(F)F)cc2)=C(/C=C/[C@@H]2C[C@@H](O)CC(=O)O2)C(C)(C)C1. The monoisotopic (exact) mass is 422 g/mol. The van der Waals surface area contributed by atoms with Crippen LogP contribution in [0.4, 0.5) is 13.2 Å². The zero-order valence-corrected chi connectivity index (χ0v) is 17.8. The van der Waals surface area contributed by atoms with Gasteiger partial charge in [0.25, 0.3) is 0 Å². The average Bonchev–Trinajstić information content (AvgIpc) is 2.57. The number of allylic oxidation sites excluding steroid dienone is 3. The second-order valence-corrected chi connectivity index (χ2v) is 9.85. The summed E-state index contributed by atoms with van der Waals surface area (Å²) < 4.78 is 44.3. The van der Waals surface area contributed by atoms with E-state index in [0.29, 0.717) is 6.42 Å². The highest BCUT2D eigenvalue weighted by molar-refractivity contribution is 5.74. The number of esters is 1. The van der Waals surface area contributed by atoms with Gasteiger partial charge in [-0.2, -0.15) is 13.2 Å². The number of ether oxygens (including phenoxy) is 1. The average molecular weight is 422 g/mol. The van der Waals surface area contributed by atoms with Crippen molar-refractivity contribution in [2.75, 3.05) is 0 Å². The number of hydrogen-bond acceptors (Lipinski definition) is 3. The molecule has 0 radical (unpaired) electrons. The number of hydrogen-bond donors (Lipinski definition) is 1. The van der Waals surface area contributed by atoms with Crippen molar-refractivity contribution in [3.63, 3.8) is 0 Å². The normalized spacial score (nSPS) is 26.7. The third kappa shape index (κ3) is 5.15. The van der Waals surface area contributed by atoms with Gasteiger partial charge in [0, 0.05) is 6.42 Å². The summed E-state index contributed by atoms with van der Waals surface area (Å²) in [4.78, 5) is 11.6. The Labute approximate surface area is 175 Å². The maximum absolute atomic E-state index is 13.0. The predicted octanol–water partition coefficient (Wildman–Crippen LogP) is 5.93.